The van der Waals surface area contributed by atoms with E-state index in [1.165, 1.54) is 6.07 Å². The number of rotatable bonds is 5. The Morgan fingerprint density at radius 1 is 1.04 bits per heavy atom. The molecule has 0 atom stereocenters. The van der Waals surface area contributed by atoms with Crippen molar-refractivity contribution in [2.24, 2.45) is 0 Å². The van der Waals surface area contributed by atoms with Crippen molar-refractivity contribution in [3.05, 3.63) is 82.2 Å². The van der Waals surface area contributed by atoms with E-state index in [0.29, 0.717) is 27.8 Å². The second-order valence-corrected chi connectivity index (χ2v) is 6.33. The van der Waals surface area contributed by atoms with Gasteiger partial charge in [0, 0.05) is 22.5 Å². The fourth-order valence-electron chi connectivity index (χ4n) is 2.24. The maximum absolute atomic E-state index is 14.0. The van der Waals surface area contributed by atoms with Crippen molar-refractivity contribution < 1.29 is 9.13 Å². The molecule has 1 aromatic heterocycles. The van der Waals surface area contributed by atoms with E-state index >= 15 is 0 Å². The van der Waals surface area contributed by atoms with Gasteiger partial charge in [0.2, 0.25) is 0 Å². The number of guanidine groups is 1. The molecular formula is C19H15Cl2FN4O. The lowest BCUT2D eigenvalue weighted by Gasteiger charge is -2.14. The van der Waals surface area contributed by atoms with Crippen LogP contribution in [0.2, 0.25) is 10.0 Å². The van der Waals surface area contributed by atoms with Crippen LogP contribution in [0, 0.1) is 11.2 Å². The molecule has 3 rings (SSSR count). The van der Waals surface area contributed by atoms with Crippen LogP contribution < -0.4 is 15.4 Å². The second kappa shape index (κ2) is 8.70. The Kier molecular flexibility index (Phi) is 6.11. The number of anilines is 2. The number of hydrogen-bond acceptors (Lipinski definition) is 3. The van der Waals surface area contributed by atoms with E-state index in [0.717, 1.165) is 0 Å². The first-order chi connectivity index (χ1) is 13.0. The lowest BCUT2D eigenvalue weighted by Crippen LogP contribution is -2.21. The third kappa shape index (κ3) is 5.09. The standard InChI is InChI=1S/C19H15Cl2FN4O/c20-13-6-8-14(9-7-13)25-19(23)26-18-16(5-2-10-24-18)27-11-12-3-1-4-15(21)17(12)22/h1-10H,11H2,(H3,23,24,25,26). The smallest absolute Gasteiger partial charge is 0.198 e. The Labute approximate surface area is 165 Å². The number of ether oxygens (including phenoxy) is 1. The van der Waals surface area contributed by atoms with Gasteiger partial charge in [0.25, 0.3) is 0 Å². The molecule has 0 aliphatic heterocycles. The first-order valence-corrected chi connectivity index (χ1v) is 8.67. The van der Waals surface area contributed by atoms with Crippen LogP contribution >= 0.6 is 23.2 Å². The van der Waals surface area contributed by atoms with E-state index in [1.807, 2.05) is 0 Å². The molecular weight excluding hydrogens is 390 g/mol. The normalized spacial score (nSPS) is 10.3. The number of nitrogens with one attached hydrogen (secondary N) is 3. The molecule has 0 amide bonds. The molecule has 3 aromatic rings. The fraction of sp³-hybridized carbons (Fsp3) is 0.0526. The molecule has 0 fully saturated rings. The molecule has 8 heteroatoms. The summed E-state index contributed by atoms with van der Waals surface area (Å²) in [5.74, 6) is 0.176. The molecule has 5 nitrogen and oxygen atoms in total. The van der Waals surface area contributed by atoms with Crippen LogP contribution in [-0.4, -0.2) is 10.9 Å². The molecule has 0 radical (unpaired) electrons. The maximum atomic E-state index is 14.0. The largest absolute Gasteiger partial charge is 0.485 e. The fourth-order valence-corrected chi connectivity index (χ4v) is 2.56. The number of halogens is 3. The molecule has 0 spiro atoms. The molecule has 3 N–H and O–H groups in total. The minimum atomic E-state index is -0.519. The summed E-state index contributed by atoms with van der Waals surface area (Å²) in [6.07, 6.45) is 1.56. The predicted octanol–water partition coefficient (Wildman–Crippen LogP) is 5.57. The Hall–Kier alpha value is -2.83. The quantitative estimate of drug-likeness (QED) is 0.384. The molecule has 0 aliphatic rings. The van der Waals surface area contributed by atoms with E-state index < -0.39 is 5.82 Å². The van der Waals surface area contributed by atoms with E-state index in [-0.39, 0.29) is 17.6 Å². The van der Waals surface area contributed by atoms with Crippen LogP contribution in [0.1, 0.15) is 5.56 Å². The van der Waals surface area contributed by atoms with Crippen LogP contribution in [0.25, 0.3) is 0 Å². The summed E-state index contributed by atoms with van der Waals surface area (Å²) in [7, 11) is 0. The van der Waals surface area contributed by atoms with Gasteiger partial charge in [-0.2, -0.15) is 0 Å². The van der Waals surface area contributed by atoms with Gasteiger partial charge in [-0.25, -0.2) is 9.37 Å². The summed E-state index contributed by atoms with van der Waals surface area (Å²) in [6.45, 7) is -0.0231. The Bertz CT molecular complexity index is 951. The monoisotopic (exact) mass is 404 g/mol. The van der Waals surface area contributed by atoms with Crippen LogP contribution in [0.3, 0.4) is 0 Å². The lowest BCUT2D eigenvalue weighted by atomic mass is 10.2. The Balaban J connectivity index is 1.67. The van der Waals surface area contributed by atoms with Gasteiger partial charge in [0.1, 0.15) is 12.4 Å². The highest BCUT2D eigenvalue weighted by molar-refractivity contribution is 6.31. The van der Waals surface area contributed by atoms with Crippen molar-refractivity contribution in [1.82, 2.24) is 4.98 Å². The maximum Gasteiger partial charge on any atom is 0.198 e. The molecule has 138 valence electrons. The molecule has 0 unspecified atom stereocenters. The van der Waals surface area contributed by atoms with Crippen molar-refractivity contribution in [3.63, 3.8) is 0 Å². The summed E-state index contributed by atoms with van der Waals surface area (Å²) in [6, 6.07) is 15.0. The van der Waals surface area contributed by atoms with Crippen LogP contribution in [0.5, 0.6) is 5.75 Å². The summed E-state index contributed by atoms with van der Waals surface area (Å²) in [5, 5.41) is 14.4. The van der Waals surface area contributed by atoms with E-state index in [4.69, 9.17) is 33.3 Å². The molecule has 1 heterocycles. The summed E-state index contributed by atoms with van der Waals surface area (Å²) >= 11 is 11.6. The molecule has 0 saturated heterocycles. The highest BCUT2D eigenvalue weighted by Crippen LogP contribution is 2.24. The number of hydrogen-bond donors (Lipinski definition) is 3. The average molecular weight is 405 g/mol. The molecule has 0 bridgehead atoms. The van der Waals surface area contributed by atoms with Crippen molar-refractivity contribution in [3.8, 4) is 5.75 Å². The number of aromatic nitrogens is 1. The zero-order valence-corrected chi connectivity index (χ0v) is 15.5. The molecule has 27 heavy (non-hydrogen) atoms. The molecule has 0 saturated carbocycles. The highest BCUT2D eigenvalue weighted by atomic mass is 35.5. The van der Waals surface area contributed by atoms with Gasteiger partial charge >= 0.3 is 0 Å². The van der Waals surface area contributed by atoms with Crippen molar-refractivity contribution in [1.29, 1.82) is 5.41 Å². The van der Waals surface area contributed by atoms with Gasteiger partial charge in [0.15, 0.2) is 17.5 Å². The van der Waals surface area contributed by atoms with Gasteiger partial charge in [0.05, 0.1) is 5.02 Å². The molecule has 2 aromatic carbocycles. The molecule has 0 aliphatic carbocycles. The Morgan fingerprint density at radius 2 is 1.81 bits per heavy atom. The number of benzene rings is 2. The van der Waals surface area contributed by atoms with Crippen molar-refractivity contribution in [2.75, 3.05) is 10.6 Å². The van der Waals surface area contributed by atoms with E-state index in [2.05, 4.69) is 15.6 Å². The van der Waals surface area contributed by atoms with Gasteiger partial charge in [-0.1, -0.05) is 35.3 Å². The van der Waals surface area contributed by atoms with E-state index in [1.54, 1.807) is 54.7 Å². The van der Waals surface area contributed by atoms with Gasteiger partial charge in [-0.3, -0.25) is 5.41 Å². The predicted molar refractivity (Wildman–Crippen MR) is 106 cm³/mol. The average Bonchev–Trinajstić information content (AvgIpc) is 2.66. The third-order valence-corrected chi connectivity index (χ3v) is 4.09. The van der Waals surface area contributed by atoms with Gasteiger partial charge in [-0.15, -0.1) is 0 Å². The topological polar surface area (TPSA) is 70.0 Å². The number of pyridine rings is 1. The van der Waals surface area contributed by atoms with Crippen molar-refractivity contribution >= 4 is 40.7 Å². The Morgan fingerprint density at radius 3 is 2.59 bits per heavy atom. The summed E-state index contributed by atoms with van der Waals surface area (Å²) < 4.78 is 19.6. The minimum absolute atomic E-state index is 0.00481. The number of nitrogens with zero attached hydrogens (tertiary/aromatic N) is 1. The van der Waals surface area contributed by atoms with Crippen LogP contribution in [0.4, 0.5) is 15.9 Å². The first kappa shape index (κ1) is 18.9. The summed E-state index contributed by atoms with van der Waals surface area (Å²) in [4.78, 5) is 4.17. The van der Waals surface area contributed by atoms with Crippen LogP contribution in [-0.2, 0) is 6.61 Å². The third-order valence-electron chi connectivity index (χ3n) is 3.54. The van der Waals surface area contributed by atoms with Gasteiger partial charge < -0.3 is 15.4 Å². The SMILES string of the molecule is N=C(Nc1ccc(Cl)cc1)Nc1ncccc1OCc1cccc(Cl)c1F. The minimum Gasteiger partial charge on any atom is -0.485 e. The first-order valence-electron chi connectivity index (χ1n) is 7.92. The lowest BCUT2D eigenvalue weighted by molar-refractivity contribution is 0.300. The van der Waals surface area contributed by atoms with Crippen LogP contribution in [0.15, 0.2) is 60.8 Å². The zero-order chi connectivity index (χ0) is 19.2. The van der Waals surface area contributed by atoms with Crippen molar-refractivity contribution in [2.45, 2.75) is 6.61 Å². The highest BCUT2D eigenvalue weighted by Gasteiger charge is 2.10. The zero-order valence-electron chi connectivity index (χ0n) is 14.0. The van der Waals surface area contributed by atoms with E-state index in [9.17, 15) is 4.39 Å². The summed E-state index contributed by atoms with van der Waals surface area (Å²) in [5.41, 5.74) is 1.02. The second-order valence-electron chi connectivity index (χ2n) is 5.48. The van der Waals surface area contributed by atoms with Gasteiger partial charge in [-0.05, 0) is 42.5 Å².